The van der Waals surface area contributed by atoms with Gasteiger partial charge in [0.1, 0.15) is 18.0 Å². The Morgan fingerprint density at radius 1 is 1.17 bits per heavy atom. The van der Waals surface area contributed by atoms with E-state index in [0.29, 0.717) is 5.56 Å². The number of carboxylic acid groups (broad SMARTS) is 1. The van der Waals surface area contributed by atoms with Gasteiger partial charge >= 0.3 is 11.9 Å². The van der Waals surface area contributed by atoms with Crippen LogP contribution in [0.4, 0.5) is 0 Å². The largest absolute Gasteiger partial charge is 0.508 e. The van der Waals surface area contributed by atoms with E-state index in [1.807, 2.05) is 0 Å². The second-order valence-electron chi connectivity index (χ2n) is 5.70. The number of hydrogen-bond acceptors (Lipinski definition) is 7. The third-order valence-electron chi connectivity index (χ3n) is 3.83. The molecule has 8 nitrogen and oxygen atoms in total. The van der Waals surface area contributed by atoms with Crippen molar-refractivity contribution in [3.05, 3.63) is 35.9 Å². The highest BCUT2D eigenvalue weighted by Gasteiger charge is 2.50. The molecular formula is C16H18O8. The summed E-state index contributed by atoms with van der Waals surface area (Å²) >= 11 is 0. The van der Waals surface area contributed by atoms with Crippen LogP contribution in [0.2, 0.25) is 0 Å². The number of aliphatic hydroxyl groups excluding tert-OH is 2. The summed E-state index contributed by atoms with van der Waals surface area (Å²) in [7, 11) is 0. The molecule has 0 amide bonds. The lowest BCUT2D eigenvalue weighted by Gasteiger charge is -2.39. The number of phenols is 1. The number of carboxylic acids is 1. The number of phenolic OH excluding ortho intramolecular Hbond substituents is 1. The Balaban J connectivity index is 2.03. The van der Waals surface area contributed by atoms with Crippen molar-refractivity contribution in [1.29, 1.82) is 0 Å². The lowest BCUT2D eigenvalue weighted by molar-refractivity contribution is -0.196. The molecule has 1 aliphatic carbocycles. The number of ether oxygens (including phenoxy) is 1. The maximum absolute atomic E-state index is 11.8. The third-order valence-corrected chi connectivity index (χ3v) is 3.83. The number of carbonyl (C=O) groups excluding carboxylic acids is 1. The van der Waals surface area contributed by atoms with Gasteiger partial charge in [-0.25, -0.2) is 9.59 Å². The smallest absolute Gasteiger partial charge is 0.335 e. The van der Waals surface area contributed by atoms with E-state index in [-0.39, 0.29) is 5.75 Å². The first-order valence-corrected chi connectivity index (χ1v) is 7.21. The average molecular weight is 338 g/mol. The zero-order valence-corrected chi connectivity index (χ0v) is 12.6. The normalized spacial score (nSPS) is 30.2. The molecule has 0 heterocycles. The van der Waals surface area contributed by atoms with E-state index in [0.717, 1.165) is 6.08 Å². The highest BCUT2D eigenvalue weighted by Crippen LogP contribution is 2.31. The fourth-order valence-electron chi connectivity index (χ4n) is 2.48. The third kappa shape index (κ3) is 4.10. The highest BCUT2D eigenvalue weighted by atomic mass is 16.6. The van der Waals surface area contributed by atoms with Gasteiger partial charge in [-0.2, -0.15) is 0 Å². The van der Waals surface area contributed by atoms with Gasteiger partial charge < -0.3 is 30.3 Å². The van der Waals surface area contributed by atoms with Gasteiger partial charge in [0.15, 0.2) is 5.60 Å². The molecule has 0 saturated heterocycles. The average Bonchev–Trinajstić information content (AvgIpc) is 2.51. The van der Waals surface area contributed by atoms with Crippen molar-refractivity contribution in [2.75, 3.05) is 0 Å². The summed E-state index contributed by atoms with van der Waals surface area (Å²) in [6.07, 6.45) is -3.00. The van der Waals surface area contributed by atoms with Crippen LogP contribution < -0.4 is 0 Å². The number of carbonyl (C=O) groups is 2. The minimum Gasteiger partial charge on any atom is -0.508 e. The SMILES string of the molecule is O=C(/C=C/c1ccc(O)cc1)O[C@@H]1CC(O)(C(=O)O)C[C@@H](O)[C@@H]1O. The predicted molar refractivity (Wildman–Crippen MR) is 80.9 cm³/mol. The van der Waals surface area contributed by atoms with Crippen LogP contribution >= 0.6 is 0 Å². The van der Waals surface area contributed by atoms with Crippen LogP contribution in [0.1, 0.15) is 18.4 Å². The molecule has 1 saturated carbocycles. The van der Waals surface area contributed by atoms with Gasteiger partial charge in [-0.3, -0.25) is 0 Å². The van der Waals surface area contributed by atoms with Gasteiger partial charge in [0.2, 0.25) is 0 Å². The molecule has 4 atom stereocenters. The number of aromatic hydroxyl groups is 1. The summed E-state index contributed by atoms with van der Waals surface area (Å²) in [6.45, 7) is 0. The summed E-state index contributed by atoms with van der Waals surface area (Å²) in [5.74, 6) is -2.36. The van der Waals surface area contributed by atoms with E-state index in [1.54, 1.807) is 12.1 Å². The molecule has 2 rings (SSSR count). The maximum atomic E-state index is 11.8. The van der Waals surface area contributed by atoms with Crippen molar-refractivity contribution >= 4 is 18.0 Å². The van der Waals surface area contributed by atoms with Crippen LogP contribution in [0.15, 0.2) is 30.3 Å². The van der Waals surface area contributed by atoms with E-state index in [2.05, 4.69) is 0 Å². The summed E-state index contributed by atoms with van der Waals surface area (Å²) < 4.78 is 4.96. The van der Waals surface area contributed by atoms with Gasteiger partial charge in [0.05, 0.1) is 6.10 Å². The molecule has 0 bridgehead atoms. The molecule has 0 aromatic heterocycles. The molecule has 130 valence electrons. The number of aliphatic hydroxyl groups is 3. The van der Waals surface area contributed by atoms with Gasteiger partial charge in [-0.15, -0.1) is 0 Å². The fourth-order valence-corrected chi connectivity index (χ4v) is 2.48. The summed E-state index contributed by atoms with van der Waals surface area (Å²) in [5, 5.41) is 47.6. The van der Waals surface area contributed by atoms with Crippen molar-refractivity contribution in [3.63, 3.8) is 0 Å². The summed E-state index contributed by atoms with van der Waals surface area (Å²) in [6, 6.07) is 5.97. The van der Waals surface area contributed by atoms with Crippen molar-refractivity contribution in [3.8, 4) is 5.75 Å². The Labute approximate surface area is 137 Å². The zero-order chi connectivity index (χ0) is 17.9. The molecule has 0 radical (unpaired) electrons. The second-order valence-corrected chi connectivity index (χ2v) is 5.70. The molecule has 0 aliphatic heterocycles. The molecule has 5 N–H and O–H groups in total. The second kappa shape index (κ2) is 7.00. The Kier molecular flexibility index (Phi) is 5.23. The first-order valence-electron chi connectivity index (χ1n) is 7.21. The van der Waals surface area contributed by atoms with Gasteiger partial charge in [0, 0.05) is 18.9 Å². The topological polar surface area (TPSA) is 145 Å². The zero-order valence-electron chi connectivity index (χ0n) is 12.6. The minimum atomic E-state index is -2.27. The number of aliphatic carboxylic acids is 1. The van der Waals surface area contributed by atoms with Crippen molar-refractivity contribution in [2.24, 2.45) is 0 Å². The van der Waals surface area contributed by atoms with E-state index in [1.165, 1.54) is 18.2 Å². The van der Waals surface area contributed by atoms with Crippen molar-refractivity contribution in [1.82, 2.24) is 0 Å². The Morgan fingerprint density at radius 2 is 1.79 bits per heavy atom. The first kappa shape index (κ1) is 17.9. The van der Waals surface area contributed by atoms with E-state index in [9.17, 15) is 24.9 Å². The van der Waals surface area contributed by atoms with Crippen LogP contribution in [0.5, 0.6) is 5.75 Å². The van der Waals surface area contributed by atoms with Crippen LogP contribution in [-0.4, -0.2) is 61.4 Å². The summed E-state index contributed by atoms with van der Waals surface area (Å²) in [4.78, 5) is 22.9. The van der Waals surface area contributed by atoms with E-state index >= 15 is 0 Å². The molecule has 1 aliphatic rings. The van der Waals surface area contributed by atoms with E-state index < -0.39 is 48.7 Å². The molecule has 1 fully saturated rings. The Bertz CT molecular complexity index is 638. The molecule has 1 aromatic carbocycles. The fraction of sp³-hybridized carbons (Fsp3) is 0.375. The van der Waals surface area contributed by atoms with Gasteiger partial charge in [-0.05, 0) is 23.8 Å². The van der Waals surface area contributed by atoms with Crippen LogP contribution in [0, 0.1) is 0 Å². The predicted octanol–water partition coefficient (Wildman–Crippen LogP) is -0.352. The van der Waals surface area contributed by atoms with Crippen LogP contribution in [-0.2, 0) is 14.3 Å². The lowest BCUT2D eigenvalue weighted by Crippen LogP contribution is -2.57. The van der Waals surface area contributed by atoms with Gasteiger partial charge in [-0.1, -0.05) is 12.1 Å². The number of hydrogen-bond donors (Lipinski definition) is 5. The molecule has 1 aromatic rings. The standard InChI is InChI=1S/C16H18O8/c17-10-4-1-9(2-5-10)3-6-13(19)24-12-8-16(23,15(21)22)7-11(18)14(12)20/h1-6,11-12,14,17-18,20,23H,7-8H2,(H,21,22)/b6-3+/t11-,12-,14+,16?/m1/s1. The summed E-state index contributed by atoms with van der Waals surface area (Å²) in [5.41, 5.74) is -1.67. The number of benzene rings is 1. The molecule has 0 spiro atoms. The van der Waals surface area contributed by atoms with Crippen molar-refractivity contribution in [2.45, 2.75) is 36.8 Å². The van der Waals surface area contributed by atoms with Gasteiger partial charge in [0.25, 0.3) is 0 Å². The lowest BCUT2D eigenvalue weighted by atomic mass is 9.79. The first-order chi connectivity index (χ1) is 11.2. The molecular weight excluding hydrogens is 320 g/mol. The Morgan fingerprint density at radius 3 is 2.38 bits per heavy atom. The van der Waals surface area contributed by atoms with E-state index in [4.69, 9.17) is 14.9 Å². The quantitative estimate of drug-likeness (QED) is 0.370. The minimum absolute atomic E-state index is 0.0713. The molecule has 1 unspecified atom stereocenters. The number of esters is 1. The monoisotopic (exact) mass is 338 g/mol. The van der Waals surface area contributed by atoms with Crippen LogP contribution in [0.3, 0.4) is 0 Å². The highest BCUT2D eigenvalue weighted by molar-refractivity contribution is 5.87. The molecule has 24 heavy (non-hydrogen) atoms. The van der Waals surface area contributed by atoms with Crippen LogP contribution in [0.25, 0.3) is 6.08 Å². The number of rotatable bonds is 4. The van der Waals surface area contributed by atoms with Crippen molar-refractivity contribution < 1.29 is 39.9 Å². The molecule has 8 heteroatoms. The Hall–Kier alpha value is -2.42. The maximum Gasteiger partial charge on any atom is 0.335 e.